The molecule has 0 bridgehead atoms. The third kappa shape index (κ3) is 6.74. The van der Waals surface area contributed by atoms with E-state index in [2.05, 4.69) is 10.1 Å². The Labute approximate surface area is 152 Å². The van der Waals surface area contributed by atoms with E-state index in [1.807, 2.05) is 0 Å². The molecule has 1 amide bonds. The summed E-state index contributed by atoms with van der Waals surface area (Å²) in [6.07, 6.45) is -0.538. The van der Waals surface area contributed by atoms with Crippen molar-refractivity contribution in [2.24, 2.45) is 0 Å². The Morgan fingerprint density at radius 3 is 2.52 bits per heavy atom. The molecule has 1 N–H and O–H groups in total. The Bertz CT molecular complexity index is 549. The second-order valence-electron chi connectivity index (χ2n) is 5.97. The van der Waals surface area contributed by atoms with Gasteiger partial charge in [-0.25, -0.2) is 0 Å². The maximum absolute atomic E-state index is 12.6. The molecule has 1 aromatic carbocycles. The standard InChI is InChI=1S/C17H23F3N2O2.ClH/c1-21-11-10-16(23)22(14-7-3-4-8-14)12-13-6-2-5-9-15(13)24-17(18,19)20;/h2,5-6,9,14,21H,3-4,7-8,10-12H2,1H3;1H. The number of benzene rings is 1. The molecule has 0 atom stereocenters. The minimum absolute atomic E-state index is 0. The van der Waals surface area contributed by atoms with Crippen molar-refractivity contribution < 1.29 is 22.7 Å². The van der Waals surface area contributed by atoms with Crippen LogP contribution in [0.1, 0.15) is 37.7 Å². The van der Waals surface area contributed by atoms with Gasteiger partial charge in [0.2, 0.25) is 5.91 Å². The highest BCUT2D eigenvalue weighted by Gasteiger charge is 2.33. The third-order valence-corrected chi connectivity index (χ3v) is 4.21. The second kappa shape index (κ2) is 9.87. The van der Waals surface area contributed by atoms with Gasteiger partial charge in [0.05, 0.1) is 0 Å². The Hall–Kier alpha value is -1.47. The van der Waals surface area contributed by atoms with Crippen molar-refractivity contribution in [1.82, 2.24) is 10.2 Å². The molecule has 0 heterocycles. The van der Waals surface area contributed by atoms with E-state index >= 15 is 0 Å². The van der Waals surface area contributed by atoms with Gasteiger partial charge in [-0.15, -0.1) is 25.6 Å². The van der Waals surface area contributed by atoms with Gasteiger partial charge in [-0.3, -0.25) is 4.79 Å². The highest BCUT2D eigenvalue weighted by molar-refractivity contribution is 5.85. The Kier molecular flexibility index (Phi) is 8.52. The number of hydrogen-bond acceptors (Lipinski definition) is 3. The quantitative estimate of drug-likeness (QED) is 0.780. The second-order valence-corrected chi connectivity index (χ2v) is 5.97. The average Bonchev–Trinajstić information content (AvgIpc) is 3.04. The molecule has 0 aromatic heterocycles. The molecular weight excluding hydrogens is 357 g/mol. The van der Waals surface area contributed by atoms with E-state index in [4.69, 9.17) is 0 Å². The van der Waals surface area contributed by atoms with Crippen LogP contribution in [0, 0.1) is 0 Å². The van der Waals surface area contributed by atoms with Crippen LogP contribution in [0.5, 0.6) is 5.75 Å². The molecule has 1 aliphatic rings. The number of amides is 1. The summed E-state index contributed by atoms with van der Waals surface area (Å²) in [6, 6.07) is 6.10. The maximum atomic E-state index is 12.6. The summed E-state index contributed by atoms with van der Waals surface area (Å²) in [6.45, 7) is 0.683. The molecule has 25 heavy (non-hydrogen) atoms. The van der Waals surface area contributed by atoms with E-state index in [1.165, 1.54) is 12.1 Å². The van der Waals surface area contributed by atoms with Crippen LogP contribution < -0.4 is 10.1 Å². The normalized spacial score (nSPS) is 14.9. The van der Waals surface area contributed by atoms with Gasteiger partial charge < -0.3 is 15.0 Å². The smallest absolute Gasteiger partial charge is 0.405 e. The first-order valence-electron chi connectivity index (χ1n) is 8.18. The Morgan fingerprint density at radius 1 is 1.28 bits per heavy atom. The highest BCUT2D eigenvalue weighted by atomic mass is 35.5. The van der Waals surface area contributed by atoms with Gasteiger partial charge in [0.25, 0.3) is 0 Å². The lowest BCUT2D eigenvalue weighted by molar-refractivity contribution is -0.275. The fraction of sp³-hybridized carbons (Fsp3) is 0.588. The largest absolute Gasteiger partial charge is 0.573 e. The number of rotatable bonds is 7. The van der Waals surface area contributed by atoms with Crippen molar-refractivity contribution in [2.45, 2.75) is 51.1 Å². The third-order valence-electron chi connectivity index (χ3n) is 4.21. The molecule has 8 heteroatoms. The number of nitrogens with one attached hydrogen (secondary N) is 1. The van der Waals surface area contributed by atoms with Crippen LogP contribution >= 0.6 is 12.4 Å². The Morgan fingerprint density at radius 2 is 1.92 bits per heavy atom. The average molecular weight is 381 g/mol. The summed E-state index contributed by atoms with van der Waals surface area (Å²) < 4.78 is 41.8. The topological polar surface area (TPSA) is 41.6 Å². The number of alkyl halides is 3. The van der Waals surface area contributed by atoms with Gasteiger partial charge >= 0.3 is 6.36 Å². The predicted octanol–water partition coefficient (Wildman–Crippen LogP) is 3.89. The molecule has 142 valence electrons. The first kappa shape index (κ1) is 21.6. The number of halogens is 4. The summed E-state index contributed by atoms with van der Waals surface area (Å²) in [5.74, 6) is -0.285. The van der Waals surface area contributed by atoms with Crippen molar-refractivity contribution in [3.05, 3.63) is 29.8 Å². The van der Waals surface area contributed by atoms with Gasteiger partial charge in [-0.05, 0) is 26.0 Å². The molecule has 2 rings (SSSR count). The molecule has 0 aliphatic heterocycles. The molecule has 1 aliphatic carbocycles. The van der Waals surface area contributed by atoms with Crippen LogP contribution in [0.3, 0.4) is 0 Å². The van der Waals surface area contributed by atoms with Gasteiger partial charge in [0, 0.05) is 31.1 Å². The minimum atomic E-state index is -4.75. The lowest BCUT2D eigenvalue weighted by atomic mass is 10.1. The zero-order valence-corrected chi connectivity index (χ0v) is 15.0. The molecule has 0 unspecified atom stereocenters. The van der Waals surface area contributed by atoms with Crippen LogP contribution in [0.25, 0.3) is 0 Å². The van der Waals surface area contributed by atoms with Crippen LogP contribution in [0.15, 0.2) is 24.3 Å². The fourth-order valence-electron chi connectivity index (χ4n) is 3.05. The van der Waals surface area contributed by atoms with E-state index in [0.29, 0.717) is 18.5 Å². The van der Waals surface area contributed by atoms with Gasteiger partial charge in [0.1, 0.15) is 5.75 Å². The van der Waals surface area contributed by atoms with Crippen molar-refractivity contribution in [3.63, 3.8) is 0 Å². The van der Waals surface area contributed by atoms with Crippen molar-refractivity contribution >= 4 is 18.3 Å². The van der Waals surface area contributed by atoms with Gasteiger partial charge in [0.15, 0.2) is 0 Å². The number of carbonyl (C=O) groups is 1. The lowest BCUT2D eigenvalue weighted by Gasteiger charge is -2.30. The summed E-state index contributed by atoms with van der Waals surface area (Å²) in [7, 11) is 1.76. The number of para-hydroxylation sites is 1. The first-order valence-corrected chi connectivity index (χ1v) is 8.18. The van der Waals surface area contributed by atoms with Crippen molar-refractivity contribution in [1.29, 1.82) is 0 Å². The zero-order chi connectivity index (χ0) is 17.6. The summed E-state index contributed by atoms with van der Waals surface area (Å²) in [5, 5.41) is 2.93. The lowest BCUT2D eigenvalue weighted by Crippen LogP contribution is -2.39. The van der Waals surface area contributed by atoms with E-state index < -0.39 is 6.36 Å². The fourth-order valence-corrected chi connectivity index (χ4v) is 3.05. The summed E-state index contributed by atoms with van der Waals surface area (Å²) in [5.41, 5.74) is 0.375. The monoisotopic (exact) mass is 380 g/mol. The molecule has 0 spiro atoms. The number of nitrogens with zero attached hydrogens (tertiary/aromatic N) is 1. The summed E-state index contributed by atoms with van der Waals surface area (Å²) in [4.78, 5) is 14.2. The van der Waals surface area contributed by atoms with Crippen molar-refractivity contribution in [2.75, 3.05) is 13.6 Å². The highest BCUT2D eigenvalue weighted by Crippen LogP contribution is 2.30. The van der Waals surface area contributed by atoms with Crippen LogP contribution in [-0.2, 0) is 11.3 Å². The molecule has 4 nitrogen and oxygen atoms in total. The van der Waals surface area contributed by atoms with Crippen LogP contribution in [0.2, 0.25) is 0 Å². The molecule has 1 fully saturated rings. The van der Waals surface area contributed by atoms with E-state index in [1.54, 1.807) is 24.1 Å². The van der Waals surface area contributed by atoms with Crippen LogP contribution in [0.4, 0.5) is 13.2 Å². The zero-order valence-electron chi connectivity index (χ0n) is 14.1. The SMILES string of the molecule is CNCCC(=O)N(Cc1ccccc1OC(F)(F)F)C1CCCC1.Cl. The number of carbonyl (C=O) groups excluding carboxylic acids is 1. The molecule has 1 saturated carbocycles. The summed E-state index contributed by atoms with van der Waals surface area (Å²) >= 11 is 0. The predicted molar refractivity (Wildman–Crippen MR) is 91.7 cm³/mol. The van der Waals surface area contributed by atoms with E-state index in [-0.39, 0.29) is 36.7 Å². The molecule has 1 aromatic rings. The minimum Gasteiger partial charge on any atom is -0.405 e. The van der Waals surface area contributed by atoms with E-state index in [9.17, 15) is 18.0 Å². The Balaban J connectivity index is 0.00000312. The van der Waals surface area contributed by atoms with Gasteiger partial charge in [-0.2, -0.15) is 0 Å². The maximum Gasteiger partial charge on any atom is 0.573 e. The number of ether oxygens (including phenoxy) is 1. The van der Waals surface area contributed by atoms with E-state index in [0.717, 1.165) is 25.7 Å². The molecule has 0 radical (unpaired) electrons. The van der Waals surface area contributed by atoms with Gasteiger partial charge in [-0.1, -0.05) is 31.0 Å². The van der Waals surface area contributed by atoms with Crippen LogP contribution in [-0.4, -0.2) is 36.8 Å². The molecule has 0 saturated heterocycles. The van der Waals surface area contributed by atoms with Crippen molar-refractivity contribution in [3.8, 4) is 5.75 Å². The number of hydrogen-bond donors (Lipinski definition) is 1. The first-order chi connectivity index (χ1) is 11.4. The molecular formula is C17H24ClF3N2O2.